The van der Waals surface area contributed by atoms with Crippen molar-refractivity contribution in [1.29, 1.82) is 0 Å². The number of aromatic amines is 1. The second-order valence-electron chi connectivity index (χ2n) is 5.43. The Morgan fingerprint density at radius 2 is 1.96 bits per heavy atom. The molecule has 0 atom stereocenters. The number of rotatable bonds is 4. The highest BCUT2D eigenvalue weighted by molar-refractivity contribution is 8.00. The monoisotopic (exact) mass is 352 g/mol. The summed E-state index contributed by atoms with van der Waals surface area (Å²) in [5.41, 5.74) is 2.35. The molecule has 0 saturated heterocycles. The Kier molecular flexibility index (Phi) is 4.00. The van der Waals surface area contributed by atoms with Crippen LogP contribution in [0.1, 0.15) is 10.4 Å². The molecule has 0 spiro atoms. The van der Waals surface area contributed by atoms with Gasteiger partial charge in [-0.3, -0.25) is 4.79 Å². The molecule has 5 heteroatoms. The molecule has 0 amide bonds. The molecule has 2 heterocycles. The van der Waals surface area contributed by atoms with E-state index in [0.717, 1.165) is 26.8 Å². The molecule has 0 unspecified atom stereocenters. The molecule has 24 heavy (non-hydrogen) atoms. The Morgan fingerprint density at radius 3 is 2.79 bits per heavy atom. The SMILES string of the molecule is O=C(CSc1ccccc1)c1ccc2[nH]c3nccc(Cl)c3c2c1. The summed E-state index contributed by atoms with van der Waals surface area (Å²) >= 11 is 7.84. The molecule has 0 aliphatic carbocycles. The van der Waals surface area contributed by atoms with E-state index in [4.69, 9.17) is 11.6 Å². The number of halogens is 1. The smallest absolute Gasteiger partial charge is 0.173 e. The van der Waals surface area contributed by atoms with Gasteiger partial charge in [0.2, 0.25) is 0 Å². The number of Topliss-reactive ketones (excluding diaryl/α,β-unsaturated/α-hetero) is 1. The molecular weight excluding hydrogens is 340 g/mol. The van der Waals surface area contributed by atoms with E-state index in [9.17, 15) is 4.79 Å². The summed E-state index contributed by atoms with van der Waals surface area (Å²) in [6, 6.07) is 17.3. The number of fused-ring (bicyclic) bond motifs is 3. The lowest BCUT2D eigenvalue weighted by Gasteiger charge is -2.02. The zero-order valence-electron chi connectivity index (χ0n) is 12.6. The number of thioether (sulfide) groups is 1. The number of carbonyl (C=O) groups is 1. The fourth-order valence-electron chi connectivity index (χ4n) is 2.70. The van der Waals surface area contributed by atoms with Crippen LogP contribution in [-0.2, 0) is 0 Å². The number of benzene rings is 2. The fourth-order valence-corrected chi connectivity index (χ4v) is 3.76. The molecule has 0 aliphatic rings. The first-order valence-electron chi connectivity index (χ1n) is 7.49. The van der Waals surface area contributed by atoms with E-state index in [1.54, 1.807) is 24.0 Å². The van der Waals surface area contributed by atoms with Crippen molar-refractivity contribution in [3.05, 3.63) is 71.4 Å². The Hall–Kier alpha value is -2.30. The standard InChI is InChI=1S/C19H13ClN2OS/c20-15-8-9-21-19-18(15)14-10-12(6-7-16(14)22-19)17(23)11-24-13-4-2-1-3-5-13/h1-10H,11H2,(H,21,22). The maximum Gasteiger partial charge on any atom is 0.173 e. The predicted molar refractivity (Wildman–Crippen MR) is 100 cm³/mol. The Labute approximate surface area is 148 Å². The minimum atomic E-state index is 0.0973. The van der Waals surface area contributed by atoms with Crippen LogP contribution < -0.4 is 0 Å². The number of ketones is 1. The molecule has 1 N–H and O–H groups in total. The van der Waals surface area contributed by atoms with Gasteiger partial charge in [-0.15, -0.1) is 11.8 Å². The maximum atomic E-state index is 12.5. The number of carbonyl (C=O) groups excluding carboxylic acids is 1. The van der Waals surface area contributed by atoms with Crippen LogP contribution in [-0.4, -0.2) is 21.5 Å². The van der Waals surface area contributed by atoms with Gasteiger partial charge in [-0.2, -0.15) is 0 Å². The molecule has 0 aliphatic heterocycles. The molecule has 2 aromatic carbocycles. The first-order valence-corrected chi connectivity index (χ1v) is 8.86. The topological polar surface area (TPSA) is 45.8 Å². The van der Waals surface area contributed by atoms with Crippen molar-refractivity contribution in [2.75, 3.05) is 5.75 Å². The van der Waals surface area contributed by atoms with Gasteiger partial charge < -0.3 is 4.98 Å². The number of hydrogen-bond donors (Lipinski definition) is 1. The molecule has 3 nitrogen and oxygen atoms in total. The lowest BCUT2D eigenvalue weighted by atomic mass is 10.1. The third-order valence-electron chi connectivity index (χ3n) is 3.88. The van der Waals surface area contributed by atoms with Crippen molar-refractivity contribution < 1.29 is 4.79 Å². The van der Waals surface area contributed by atoms with Gasteiger partial charge >= 0.3 is 0 Å². The van der Waals surface area contributed by atoms with Crippen LogP contribution in [0, 0.1) is 0 Å². The van der Waals surface area contributed by atoms with E-state index in [2.05, 4.69) is 9.97 Å². The number of H-pyrrole nitrogens is 1. The molecule has 4 aromatic rings. The van der Waals surface area contributed by atoms with E-state index in [0.29, 0.717) is 16.3 Å². The summed E-state index contributed by atoms with van der Waals surface area (Å²) in [7, 11) is 0. The quantitative estimate of drug-likeness (QED) is 0.398. The number of nitrogens with zero attached hydrogens (tertiary/aromatic N) is 1. The highest BCUT2D eigenvalue weighted by Crippen LogP contribution is 2.31. The summed E-state index contributed by atoms with van der Waals surface area (Å²) in [4.78, 5) is 21.1. The van der Waals surface area contributed by atoms with Gasteiger partial charge in [-0.05, 0) is 36.4 Å². The lowest BCUT2D eigenvalue weighted by molar-refractivity contribution is 0.102. The molecule has 0 saturated carbocycles. The van der Waals surface area contributed by atoms with Crippen molar-refractivity contribution in [3.63, 3.8) is 0 Å². The van der Waals surface area contributed by atoms with Crippen molar-refractivity contribution in [2.45, 2.75) is 4.90 Å². The molecule has 2 aromatic heterocycles. The van der Waals surface area contributed by atoms with Crippen molar-refractivity contribution in [1.82, 2.24) is 9.97 Å². The minimum absolute atomic E-state index is 0.0973. The van der Waals surface area contributed by atoms with Crippen LogP contribution in [0.25, 0.3) is 21.9 Å². The third kappa shape index (κ3) is 2.79. The summed E-state index contributed by atoms with van der Waals surface area (Å²) < 4.78 is 0. The van der Waals surface area contributed by atoms with Crippen molar-refractivity contribution in [2.24, 2.45) is 0 Å². The van der Waals surface area contributed by atoms with Crippen LogP contribution in [0.3, 0.4) is 0 Å². The first kappa shape index (κ1) is 15.2. The van der Waals surface area contributed by atoms with E-state index < -0.39 is 0 Å². The molecule has 0 radical (unpaired) electrons. The minimum Gasteiger partial charge on any atom is -0.339 e. The summed E-state index contributed by atoms with van der Waals surface area (Å²) in [5.74, 6) is 0.504. The second-order valence-corrected chi connectivity index (χ2v) is 6.88. The van der Waals surface area contributed by atoms with Gasteiger partial charge in [-0.1, -0.05) is 29.8 Å². The normalized spacial score (nSPS) is 11.2. The van der Waals surface area contributed by atoms with Gasteiger partial charge in [0, 0.05) is 32.9 Å². The van der Waals surface area contributed by atoms with Crippen LogP contribution in [0.4, 0.5) is 0 Å². The Morgan fingerprint density at radius 1 is 1.12 bits per heavy atom. The van der Waals surface area contributed by atoms with E-state index >= 15 is 0 Å². The zero-order chi connectivity index (χ0) is 16.5. The van der Waals surface area contributed by atoms with E-state index in [1.165, 1.54) is 0 Å². The van der Waals surface area contributed by atoms with Crippen molar-refractivity contribution >= 4 is 51.1 Å². The molecule has 118 valence electrons. The van der Waals surface area contributed by atoms with Gasteiger partial charge in [0.1, 0.15) is 5.65 Å². The van der Waals surface area contributed by atoms with Crippen LogP contribution in [0.5, 0.6) is 0 Å². The summed E-state index contributed by atoms with van der Waals surface area (Å²) in [5, 5.41) is 2.42. The fraction of sp³-hybridized carbons (Fsp3) is 0.0526. The number of nitrogens with one attached hydrogen (secondary N) is 1. The highest BCUT2D eigenvalue weighted by atomic mass is 35.5. The molecule has 4 rings (SSSR count). The average molecular weight is 353 g/mol. The molecular formula is C19H13ClN2OS. The zero-order valence-corrected chi connectivity index (χ0v) is 14.2. The molecule has 0 fully saturated rings. The van der Waals surface area contributed by atoms with E-state index in [-0.39, 0.29) is 5.78 Å². The van der Waals surface area contributed by atoms with E-state index in [1.807, 2.05) is 48.5 Å². The Bertz CT molecular complexity index is 1040. The number of pyridine rings is 1. The maximum absolute atomic E-state index is 12.5. The number of hydrogen-bond acceptors (Lipinski definition) is 3. The average Bonchev–Trinajstić information content (AvgIpc) is 2.99. The summed E-state index contributed by atoms with van der Waals surface area (Å²) in [6.45, 7) is 0. The van der Waals surface area contributed by atoms with Crippen LogP contribution in [0.2, 0.25) is 5.02 Å². The highest BCUT2D eigenvalue weighted by Gasteiger charge is 2.12. The third-order valence-corrected chi connectivity index (χ3v) is 5.20. The first-order chi connectivity index (χ1) is 11.7. The van der Waals surface area contributed by atoms with Crippen LogP contribution >= 0.6 is 23.4 Å². The number of aromatic nitrogens is 2. The second kappa shape index (κ2) is 6.30. The van der Waals surface area contributed by atoms with Gasteiger partial charge in [0.15, 0.2) is 5.78 Å². The Balaban J connectivity index is 1.67. The van der Waals surface area contributed by atoms with Crippen molar-refractivity contribution in [3.8, 4) is 0 Å². The lowest BCUT2D eigenvalue weighted by Crippen LogP contribution is -2.01. The largest absolute Gasteiger partial charge is 0.339 e. The molecule has 0 bridgehead atoms. The van der Waals surface area contributed by atoms with Gasteiger partial charge in [0.05, 0.1) is 10.8 Å². The summed E-state index contributed by atoms with van der Waals surface area (Å²) in [6.07, 6.45) is 1.67. The van der Waals surface area contributed by atoms with Crippen LogP contribution in [0.15, 0.2) is 65.7 Å². The predicted octanol–water partition coefficient (Wildman–Crippen LogP) is 5.34. The van der Waals surface area contributed by atoms with Gasteiger partial charge in [-0.25, -0.2) is 4.98 Å². The van der Waals surface area contributed by atoms with Gasteiger partial charge in [0.25, 0.3) is 0 Å².